The van der Waals surface area contributed by atoms with E-state index >= 15 is 0 Å². The second-order valence-electron chi connectivity index (χ2n) is 10.1. The molecule has 2 heterocycles. The summed E-state index contributed by atoms with van der Waals surface area (Å²) in [7, 11) is 1.96. The lowest BCUT2D eigenvalue weighted by Crippen LogP contribution is -2.35. The van der Waals surface area contributed by atoms with Crippen LogP contribution in [0.3, 0.4) is 0 Å². The summed E-state index contributed by atoms with van der Waals surface area (Å²) in [6.45, 7) is 4.41. The van der Waals surface area contributed by atoms with E-state index in [-0.39, 0.29) is 5.97 Å². The Hall–Kier alpha value is -3.25. The Labute approximate surface area is 230 Å². The first-order valence-electron chi connectivity index (χ1n) is 13.5. The normalized spacial score (nSPS) is 15.3. The number of hydrogen-bond acceptors (Lipinski definition) is 5. The number of esters is 1. The minimum absolute atomic E-state index is 0.165. The molecule has 1 N–H and O–H groups in total. The number of benzene rings is 3. The second kappa shape index (κ2) is 13.0. The van der Waals surface area contributed by atoms with Crippen LogP contribution in [-0.2, 0) is 22.6 Å². The van der Waals surface area contributed by atoms with E-state index in [2.05, 4.69) is 64.8 Å². The number of likely N-dealkylation sites (tertiary alicyclic amines) is 1. The fourth-order valence-corrected chi connectivity index (χ4v) is 6.24. The van der Waals surface area contributed by atoms with Crippen LogP contribution in [0.25, 0.3) is 10.4 Å². The van der Waals surface area contributed by atoms with Crippen molar-refractivity contribution < 1.29 is 9.53 Å². The fourth-order valence-electron chi connectivity index (χ4n) is 5.22. The predicted octanol–water partition coefficient (Wildman–Crippen LogP) is 6.72. The van der Waals surface area contributed by atoms with Gasteiger partial charge >= 0.3 is 5.97 Å². The smallest absolute Gasteiger partial charge is 0.317 e. The molecule has 5 heteroatoms. The fraction of sp³-hybridized carbons (Fsp3) is 0.303. The van der Waals surface area contributed by atoms with Gasteiger partial charge in [-0.15, -0.1) is 11.3 Å². The van der Waals surface area contributed by atoms with Gasteiger partial charge in [-0.3, -0.25) is 9.69 Å². The Morgan fingerprint density at radius 1 is 0.921 bits per heavy atom. The molecule has 5 rings (SSSR count). The Balaban J connectivity index is 1.25. The van der Waals surface area contributed by atoms with Gasteiger partial charge in [0.05, 0.1) is 6.61 Å². The molecular weight excluding hydrogens is 488 g/mol. The van der Waals surface area contributed by atoms with Crippen molar-refractivity contribution in [3.05, 3.63) is 119 Å². The first-order valence-corrected chi connectivity index (χ1v) is 14.3. The highest BCUT2D eigenvalue weighted by atomic mass is 32.1. The number of ether oxygens (including phenoxy) is 1. The Bertz CT molecular complexity index is 1300. The minimum Gasteiger partial charge on any atom is -0.465 e. The van der Waals surface area contributed by atoms with Crippen molar-refractivity contribution in [2.75, 3.05) is 26.7 Å². The van der Waals surface area contributed by atoms with Crippen LogP contribution >= 0.6 is 11.3 Å². The molecule has 1 aromatic heterocycles. The molecule has 1 atom stereocenters. The van der Waals surface area contributed by atoms with Crippen molar-refractivity contribution in [3.8, 4) is 10.4 Å². The Kier molecular flexibility index (Phi) is 9.02. The first-order chi connectivity index (χ1) is 18.7. The summed E-state index contributed by atoms with van der Waals surface area (Å²) in [5, 5.41) is 3.22. The van der Waals surface area contributed by atoms with Crippen molar-refractivity contribution in [2.45, 2.75) is 31.8 Å². The molecular formula is C33H36N2O2S. The molecule has 0 radical (unpaired) electrons. The summed E-state index contributed by atoms with van der Waals surface area (Å²) in [5.74, 6) is -0.196. The van der Waals surface area contributed by atoms with Gasteiger partial charge in [-0.05, 0) is 79.3 Å². The number of carbonyl (C=O) groups excluding carboxylic acids is 1. The predicted molar refractivity (Wildman–Crippen MR) is 156 cm³/mol. The molecule has 4 nitrogen and oxygen atoms in total. The molecule has 4 aromatic rings. The van der Waals surface area contributed by atoms with Crippen LogP contribution < -0.4 is 5.32 Å². The monoisotopic (exact) mass is 524 g/mol. The van der Waals surface area contributed by atoms with Gasteiger partial charge in [-0.2, -0.15) is 0 Å². The van der Waals surface area contributed by atoms with E-state index in [1.54, 1.807) is 11.3 Å². The van der Waals surface area contributed by atoms with E-state index < -0.39 is 5.92 Å². The van der Waals surface area contributed by atoms with Crippen molar-refractivity contribution >= 4 is 17.3 Å². The van der Waals surface area contributed by atoms with Crippen LogP contribution in [0.2, 0.25) is 0 Å². The maximum Gasteiger partial charge on any atom is 0.317 e. The number of hydrogen-bond donors (Lipinski definition) is 1. The summed E-state index contributed by atoms with van der Waals surface area (Å²) < 4.78 is 6.02. The summed E-state index contributed by atoms with van der Waals surface area (Å²) in [5.41, 5.74) is 4.43. The van der Waals surface area contributed by atoms with Gasteiger partial charge in [0.2, 0.25) is 0 Å². The van der Waals surface area contributed by atoms with E-state index in [4.69, 9.17) is 4.74 Å². The number of piperidine rings is 1. The van der Waals surface area contributed by atoms with Gasteiger partial charge in [0.25, 0.3) is 0 Å². The SMILES string of the molecule is CNCc1ccc(-c2cccc(C(C(=O)OCC3CCN(Cc4ccccc4)CC3)c3ccccc3)c2)s1. The summed E-state index contributed by atoms with van der Waals surface area (Å²) in [4.78, 5) is 18.6. The lowest BCUT2D eigenvalue weighted by atomic mass is 9.90. The molecule has 0 saturated carbocycles. The third-order valence-electron chi connectivity index (χ3n) is 7.30. The molecule has 0 amide bonds. The molecule has 1 unspecified atom stereocenters. The summed E-state index contributed by atoms with van der Waals surface area (Å²) in [6.07, 6.45) is 2.11. The van der Waals surface area contributed by atoms with Crippen LogP contribution in [0.5, 0.6) is 0 Å². The Morgan fingerprint density at radius 3 is 2.37 bits per heavy atom. The molecule has 1 fully saturated rings. The lowest BCUT2D eigenvalue weighted by molar-refractivity contribution is -0.146. The van der Waals surface area contributed by atoms with Gasteiger partial charge in [-0.1, -0.05) is 78.9 Å². The van der Waals surface area contributed by atoms with E-state index in [9.17, 15) is 4.79 Å². The zero-order valence-corrected chi connectivity index (χ0v) is 22.8. The van der Waals surface area contributed by atoms with Gasteiger partial charge in [-0.25, -0.2) is 0 Å². The van der Waals surface area contributed by atoms with Crippen molar-refractivity contribution in [1.29, 1.82) is 0 Å². The molecule has 0 bridgehead atoms. The lowest BCUT2D eigenvalue weighted by Gasteiger charge is -2.32. The van der Waals surface area contributed by atoms with E-state index in [1.165, 1.54) is 15.3 Å². The molecule has 38 heavy (non-hydrogen) atoms. The third kappa shape index (κ3) is 6.79. The number of nitrogens with one attached hydrogen (secondary N) is 1. The number of thiophene rings is 1. The zero-order valence-electron chi connectivity index (χ0n) is 22.0. The highest BCUT2D eigenvalue weighted by Gasteiger charge is 2.27. The highest BCUT2D eigenvalue weighted by Crippen LogP contribution is 2.33. The molecule has 1 aliphatic heterocycles. The first kappa shape index (κ1) is 26.4. The summed E-state index contributed by atoms with van der Waals surface area (Å²) in [6, 6.07) is 33.3. The maximum absolute atomic E-state index is 13.6. The Morgan fingerprint density at radius 2 is 1.63 bits per heavy atom. The molecule has 1 aliphatic rings. The van der Waals surface area contributed by atoms with Crippen LogP contribution in [0.4, 0.5) is 0 Å². The minimum atomic E-state index is -0.439. The highest BCUT2D eigenvalue weighted by molar-refractivity contribution is 7.15. The van der Waals surface area contributed by atoms with Gasteiger partial charge in [0, 0.05) is 22.8 Å². The van der Waals surface area contributed by atoms with Crippen LogP contribution in [0.15, 0.2) is 97.1 Å². The van der Waals surface area contributed by atoms with Gasteiger partial charge in [0.1, 0.15) is 5.92 Å². The second-order valence-corrected chi connectivity index (χ2v) is 11.3. The number of nitrogens with zero attached hydrogens (tertiary/aromatic N) is 1. The maximum atomic E-state index is 13.6. The molecule has 196 valence electrons. The van der Waals surface area contributed by atoms with E-state index in [0.717, 1.165) is 55.7 Å². The largest absolute Gasteiger partial charge is 0.465 e. The van der Waals surface area contributed by atoms with Gasteiger partial charge < -0.3 is 10.1 Å². The van der Waals surface area contributed by atoms with Gasteiger partial charge in [0.15, 0.2) is 0 Å². The van der Waals surface area contributed by atoms with Crippen LogP contribution in [0, 0.1) is 5.92 Å². The number of rotatable bonds is 10. The van der Waals surface area contributed by atoms with Crippen molar-refractivity contribution in [3.63, 3.8) is 0 Å². The standard InChI is InChI=1S/C33H36N2O2S/c1-34-22-30-15-16-31(38-30)28-13-8-14-29(21-28)32(27-11-6-3-7-12-27)33(36)37-24-26-17-19-35(20-18-26)23-25-9-4-2-5-10-25/h2-16,21,26,32,34H,17-20,22-24H2,1H3. The molecule has 0 spiro atoms. The topological polar surface area (TPSA) is 41.6 Å². The zero-order chi connectivity index (χ0) is 26.2. The van der Waals surface area contributed by atoms with Crippen LogP contribution in [0.1, 0.15) is 40.3 Å². The average Bonchev–Trinajstić information content (AvgIpc) is 3.43. The molecule has 1 saturated heterocycles. The summed E-state index contributed by atoms with van der Waals surface area (Å²) >= 11 is 1.78. The third-order valence-corrected chi connectivity index (χ3v) is 8.44. The quantitative estimate of drug-likeness (QED) is 0.234. The molecule has 3 aromatic carbocycles. The number of carbonyl (C=O) groups is 1. The van der Waals surface area contributed by atoms with Crippen molar-refractivity contribution in [2.24, 2.45) is 5.92 Å². The van der Waals surface area contributed by atoms with E-state index in [1.807, 2.05) is 49.5 Å². The van der Waals surface area contributed by atoms with E-state index in [0.29, 0.717) is 12.5 Å². The van der Waals surface area contributed by atoms with Crippen LogP contribution in [-0.4, -0.2) is 37.6 Å². The van der Waals surface area contributed by atoms with Crippen molar-refractivity contribution in [1.82, 2.24) is 10.2 Å². The average molecular weight is 525 g/mol. The molecule has 0 aliphatic carbocycles.